The average molecular weight is 679 g/mol. The van der Waals surface area contributed by atoms with E-state index in [1.165, 1.54) is 11.3 Å². The average Bonchev–Trinajstić information content (AvgIpc) is 3.71. The number of nitrogens with one attached hydrogen (secondary N) is 3. The van der Waals surface area contributed by atoms with Crippen LogP contribution in [0.4, 0.5) is 0 Å². The number of carbonyl (C=O) groups excluding carboxylic acids is 3. The summed E-state index contributed by atoms with van der Waals surface area (Å²) in [6.45, 7) is 2.23. The van der Waals surface area contributed by atoms with Gasteiger partial charge < -0.3 is 15.7 Å². The fourth-order valence-electron chi connectivity index (χ4n) is 4.10. The lowest BCUT2D eigenvalue weighted by Gasteiger charge is -2.07. The van der Waals surface area contributed by atoms with Crippen LogP contribution in [-0.2, 0) is 13.1 Å². The van der Waals surface area contributed by atoms with Gasteiger partial charge in [0.25, 0.3) is 17.7 Å². The molecule has 4 N–H and O–H groups in total. The molecule has 9 nitrogen and oxygen atoms in total. The number of benzene rings is 2. The number of rotatable bonds is 10. The van der Waals surface area contributed by atoms with Crippen LogP contribution in [0.5, 0.6) is 5.75 Å². The monoisotopic (exact) mass is 677 g/mol. The van der Waals surface area contributed by atoms with Crippen LogP contribution in [-0.4, -0.2) is 33.5 Å². The molecule has 0 unspecified atom stereocenters. The second-order valence-corrected chi connectivity index (χ2v) is 12.4. The van der Waals surface area contributed by atoms with E-state index < -0.39 is 5.91 Å². The summed E-state index contributed by atoms with van der Waals surface area (Å²) in [6.07, 6.45) is 1.67. The van der Waals surface area contributed by atoms with E-state index in [4.69, 9.17) is 23.2 Å². The first-order chi connectivity index (χ1) is 21.7. The second kappa shape index (κ2) is 14.5. The number of nitrogens with zero attached hydrogens (tertiary/aromatic N) is 2. The highest BCUT2D eigenvalue weighted by Gasteiger charge is 2.17. The zero-order chi connectivity index (χ0) is 31.9. The van der Waals surface area contributed by atoms with Gasteiger partial charge in [0.15, 0.2) is 0 Å². The van der Waals surface area contributed by atoms with Gasteiger partial charge in [0, 0.05) is 23.7 Å². The number of carbonyl (C=O) groups is 3. The van der Waals surface area contributed by atoms with Gasteiger partial charge in [-0.3, -0.25) is 19.4 Å². The van der Waals surface area contributed by atoms with Crippen molar-refractivity contribution in [1.82, 2.24) is 21.0 Å². The van der Waals surface area contributed by atoms with Crippen molar-refractivity contribution in [3.63, 3.8) is 0 Å². The Morgan fingerprint density at radius 2 is 1.60 bits per heavy atom. The molecule has 2 aromatic carbocycles. The summed E-state index contributed by atoms with van der Waals surface area (Å²) in [5.41, 5.74) is 6.11. The van der Waals surface area contributed by atoms with E-state index in [1.807, 2.05) is 18.2 Å². The van der Waals surface area contributed by atoms with Gasteiger partial charge in [-0.25, -0.2) is 5.43 Å². The Hall–Kier alpha value is -4.55. The molecule has 3 amide bonds. The van der Waals surface area contributed by atoms with Gasteiger partial charge in [-0.15, -0.1) is 22.7 Å². The molecule has 5 aromatic rings. The predicted octanol–water partition coefficient (Wildman–Crippen LogP) is 6.90. The molecule has 45 heavy (non-hydrogen) atoms. The molecule has 0 aliphatic heterocycles. The maximum Gasteiger partial charge on any atom is 0.281 e. The molecular formula is C32H25Cl2N5O4S2. The zero-order valence-electron chi connectivity index (χ0n) is 23.6. The number of pyridine rings is 1. The molecule has 13 heteroatoms. The highest BCUT2D eigenvalue weighted by Crippen LogP contribution is 2.40. The van der Waals surface area contributed by atoms with E-state index in [0.717, 1.165) is 22.6 Å². The lowest BCUT2D eigenvalue weighted by atomic mass is 10.1. The smallest absolute Gasteiger partial charge is 0.281 e. The minimum absolute atomic E-state index is 0.0162. The fourth-order valence-corrected chi connectivity index (χ4v) is 6.21. The first kappa shape index (κ1) is 31.9. The van der Waals surface area contributed by atoms with Crippen LogP contribution in [0.1, 0.15) is 53.4 Å². The molecule has 0 aliphatic carbocycles. The van der Waals surface area contributed by atoms with E-state index in [2.05, 4.69) is 26.1 Å². The van der Waals surface area contributed by atoms with Gasteiger partial charge >= 0.3 is 0 Å². The number of hydrogen-bond acceptors (Lipinski definition) is 8. The number of aromatic hydroxyl groups is 1. The molecule has 3 heterocycles. The van der Waals surface area contributed by atoms with Crippen molar-refractivity contribution >= 4 is 69.3 Å². The summed E-state index contributed by atoms with van der Waals surface area (Å²) < 4.78 is 0. The first-order valence-corrected chi connectivity index (χ1v) is 15.9. The van der Waals surface area contributed by atoms with Crippen molar-refractivity contribution in [2.24, 2.45) is 5.10 Å². The van der Waals surface area contributed by atoms with Crippen LogP contribution in [0.2, 0.25) is 10.0 Å². The van der Waals surface area contributed by atoms with Crippen LogP contribution >= 0.6 is 45.9 Å². The minimum Gasteiger partial charge on any atom is -0.506 e. The number of halogens is 2. The number of amides is 3. The SMILES string of the molecule is C/C(=N\NC(=O)c1ccc(C(=O)NCc2ccc(C(=O)NCc3ccccn3)cc2)s1)c1csc(-c2ccc(Cl)c(Cl)c2)c1O. The zero-order valence-corrected chi connectivity index (χ0v) is 26.8. The summed E-state index contributed by atoms with van der Waals surface area (Å²) in [6, 6.07) is 20.6. The lowest BCUT2D eigenvalue weighted by molar-refractivity contribution is 0.0942. The summed E-state index contributed by atoms with van der Waals surface area (Å²) >= 11 is 14.4. The summed E-state index contributed by atoms with van der Waals surface area (Å²) in [5, 5.41) is 23.1. The molecule has 5 rings (SSSR count). The molecule has 228 valence electrons. The third-order valence-corrected chi connectivity index (χ3v) is 9.38. The third kappa shape index (κ3) is 7.95. The van der Waals surface area contributed by atoms with Crippen LogP contribution in [0, 0.1) is 0 Å². The Balaban J connectivity index is 1.12. The van der Waals surface area contributed by atoms with Crippen LogP contribution < -0.4 is 16.1 Å². The van der Waals surface area contributed by atoms with Gasteiger partial charge in [-0.05, 0) is 66.6 Å². The molecule has 0 aliphatic rings. The van der Waals surface area contributed by atoms with Crippen molar-refractivity contribution in [1.29, 1.82) is 0 Å². The van der Waals surface area contributed by atoms with E-state index in [-0.39, 0.29) is 24.1 Å². The number of hydrogen-bond donors (Lipinski definition) is 4. The van der Waals surface area contributed by atoms with Gasteiger partial charge in [0.05, 0.1) is 48.2 Å². The number of aromatic nitrogens is 1. The highest BCUT2D eigenvalue weighted by atomic mass is 35.5. The van der Waals surface area contributed by atoms with Crippen molar-refractivity contribution in [3.8, 4) is 16.2 Å². The topological polar surface area (TPSA) is 133 Å². The Morgan fingerprint density at radius 3 is 2.31 bits per heavy atom. The normalized spacial score (nSPS) is 11.2. The maximum absolute atomic E-state index is 12.7. The maximum atomic E-state index is 12.7. The quantitative estimate of drug-likeness (QED) is 0.0943. The van der Waals surface area contributed by atoms with E-state index in [9.17, 15) is 19.5 Å². The fraction of sp³-hybridized carbons (Fsp3) is 0.0938. The molecule has 3 aromatic heterocycles. The first-order valence-electron chi connectivity index (χ1n) is 13.5. The summed E-state index contributed by atoms with van der Waals surface area (Å²) in [4.78, 5) is 43.3. The van der Waals surface area contributed by atoms with Crippen molar-refractivity contribution < 1.29 is 19.5 Å². The van der Waals surface area contributed by atoms with Crippen molar-refractivity contribution in [2.75, 3.05) is 0 Å². The van der Waals surface area contributed by atoms with Crippen molar-refractivity contribution in [2.45, 2.75) is 20.0 Å². The molecule has 0 saturated carbocycles. The Bertz CT molecular complexity index is 1890. The van der Waals surface area contributed by atoms with Crippen LogP contribution in [0.25, 0.3) is 10.4 Å². The van der Waals surface area contributed by atoms with E-state index >= 15 is 0 Å². The summed E-state index contributed by atoms with van der Waals surface area (Å²) in [7, 11) is 0. The molecule has 0 saturated heterocycles. The standard InChI is InChI=1S/C32H25Cl2N5O4S2/c1-18(23-17-44-29(28(23)40)21-9-10-24(33)25(34)14-21)38-39-32(43)27-12-11-26(45-27)31(42)36-15-19-5-7-20(8-6-19)30(41)37-16-22-4-2-3-13-35-22/h2-14,17,40H,15-16H2,1H3,(H,36,42)(H,37,41)(H,39,43)/b38-18+. The molecule has 0 atom stereocenters. The molecule has 0 bridgehead atoms. The highest BCUT2D eigenvalue weighted by molar-refractivity contribution is 7.16. The van der Waals surface area contributed by atoms with Gasteiger partial charge in [0.1, 0.15) is 5.75 Å². The molecular weight excluding hydrogens is 653 g/mol. The molecule has 0 spiro atoms. The predicted molar refractivity (Wildman–Crippen MR) is 178 cm³/mol. The van der Waals surface area contributed by atoms with Gasteiger partial charge in [-0.2, -0.15) is 5.10 Å². The Labute approximate surface area is 276 Å². The summed E-state index contributed by atoms with van der Waals surface area (Å²) in [5.74, 6) is -1.04. The van der Waals surface area contributed by atoms with Crippen LogP contribution in [0.15, 0.2) is 89.5 Å². The third-order valence-electron chi connectivity index (χ3n) is 6.54. The van der Waals surface area contributed by atoms with Crippen molar-refractivity contribution in [3.05, 3.63) is 127 Å². The van der Waals surface area contributed by atoms with Gasteiger partial charge in [-0.1, -0.05) is 47.5 Å². The minimum atomic E-state index is -0.491. The lowest BCUT2D eigenvalue weighted by Crippen LogP contribution is -2.24. The van der Waals surface area contributed by atoms with Gasteiger partial charge in [0.2, 0.25) is 0 Å². The van der Waals surface area contributed by atoms with Crippen LogP contribution in [0.3, 0.4) is 0 Å². The molecule has 0 fully saturated rings. The van der Waals surface area contributed by atoms with E-state index in [1.54, 1.807) is 73.1 Å². The molecule has 0 radical (unpaired) electrons. The second-order valence-electron chi connectivity index (χ2n) is 9.64. The number of thiophene rings is 2. The Morgan fingerprint density at radius 1 is 0.867 bits per heavy atom. The largest absolute Gasteiger partial charge is 0.506 e. The Kier molecular flexibility index (Phi) is 10.3. The van der Waals surface area contributed by atoms with E-state index in [0.29, 0.717) is 53.6 Å². The number of hydrazone groups is 1.